The number of aromatic nitrogens is 1. The molecule has 3 heterocycles. The summed E-state index contributed by atoms with van der Waals surface area (Å²) >= 11 is 12.2. The van der Waals surface area contributed by atoms with Gasteiger partial charge in [-0.3, -0.25) is 9.69 Å². The zero-order valence-corrected chi connectivity index (χ0v) is 34.7. The van der Waals surface area contributed by atoms with Crippen molar-refractivity contribution in [3.63, 3.8) is 0 Å². The number of esters is 1. The molecule has 0 fully saturated rings. The Labute approximate surface area is 363 Å². The number of nitrogens with zero attached hydrogens (tertiary/aromatic N) is 3. The molecule has 2 aliphatic rings. The van der Waals surface area contributed by atoms with E-state index in [4.69, 9.17) is 53.1 Å². The molecule has 1 aromatic heterocycles. The second-order valence-corrected chi connectivity index (χ2v) is 15.8. The maximum absolute atomic E-state index is 14.3. The van der Waals surface area contributed by atoms with Crippen LogP contribution in [0, 0.1) is 11.3 Å². The second kappa shape index (κ2) is 18.4. The number of hydrogen-bond acceptors (Lipinski definition) is 10. The third-order valence-electron chi connectivity index (χ3n) is 10.9. The zero-order valence-electron chi connectivity index (χ0n) is 33.1. The van der Waals surface area contributed by atoms with Crippen LogP contribution >= 0.6 is 23.2 Å². The highest BCUT2D eigenvalue weighted by Gasteiger charge is 2.36. The molecule has 13 heteroatoms. The van der Waals surface area contributed by atoms with Crippen molar-refractivity contribution < 1.29 is 28.5 Å². The number of benzene rings is 5. The number of carbonyl (C=O) groups excluding carboxylic acids is 2. The molecule has 8 rings (SSSR count). The first-order valence-corrected chi connectivity index (χ1v) is 20.4. The summed E-state index contributed by atoms with van der Waals surface area (Å²) < 4.78 is 23.9. The summed E-state index contributed by atoms with van der Waals surface area (Å²) in [6.07, 6.45) is 1.94. The van der Waals surface area contributed by atoms with Crippen molar-refractivity contribution in [3.8, 4) is 34.4 Å². The summed E-state index contributed by atoms with van der Waals surface area (Å²) in [5.74, 6) is 1.46. The summed E-state index contributed by atoms with van der Waals surface area (Å²) in [5, 5.41) is 13.1. The Morgan fingerprint density at radius 1 is 0.885 bits per heavy atom. The largest absolute Gasteiger partial charge is 0.489 e. The summed E-state index contributed by atoms with van der Waals surface area (Å²) in [6.45, 7) is 1.46. The molecule has 0 saturated carbocycles. The predicted octanol–water partition coefficient (Wildman–Crippen LogP) is 8.43. The van der Waals surface area contributed by atoms with Crippen LogP contribution in [-0.2, 0) is 46.9 Å². The number of rotatable bonds is 12. The van der Waals surface area contributed by atoms with Gasteiger partial charge in [0.1, 0.15) is 30.8 Å². The van der Waals surface area contributed by atoms with E-state index in [2.05, 4.69) is 21.3 Å². The number of hydrogen-bond donors (Lipinski definition) is 2. The predicted molar refractivity (Wildman–Crippen MR) is 232 cm³/mol. The first-order chi connectivity index (χ1) is 29.6. The minimum absolute atomic E-state index is 0.228. The van der Waals surface area contributed by atoms with Crippen LogP contribution in [0.2, 0.25) is 10.0 Å². The molecule has 3 atom stereocenters. The monoisotopic (exact) mass is 853 g/mol. The molecule has 308 valence electrons. The Kier molecular flexibility index (Phi) is 12.4. The Morgan fingerprint density at radius 3 is 2.28 bits per heavy atom. The van der Waals surface area contributed by atoms with Crippen LogP contribution in [0.4, 0.5) is 5.82 Å². The third-order valence-corrected chi connectivity index (χ3v) is 11.6. The number of nitriles is 1. The van der Waals surface area contributed by atoms with Gasteiger partial charge < -0.3 is 30.0 Å². The molecule has 0 radical (unpaired) electrons. The molecule has 6 aromatic rings. The van der Waals surface area contributed by atoms with Crippen molar-refractivity contribution in [2.75, 3.05) is 19.5 Å². The molecule has 5 aromatic carbocycles. The van der Waals surface area contributed by atoms with E-state index in [0.29, 0.717) is 71.4 Å². The highest BCUT2D eigenvalue weighted by molar-refractivity contribution is 6.42. The molecular weight excluding hydrogens is 813 g/mol. The van der Waals surface area contributed by atoms with Crippen molar-refractivity contribution in [1.82, 2.24) is 15.2 Å². The fourth-order valence-electron chi connectivity index (χ4n) is 7.54. The van der Waals surface area contributed by atoms with Gasteiger partial charge in [-0.15, -0.1) is 0 Å². The van der Waals surface area contributed by atoms with Crippen molar-refractivity contribution in [3.05, 3.63) is 170 Å². The molecule has 1 unspecified atom stereocenters. The molecule has 0 aliphatic carbocycles. The lowest BCUT2D eigenvalue weighted by Crippen LogP contribution is -2.54. The molecule has 0 spiro atoms. The van der Waals surface area contributed by atoms with Gasteiger partial charge in [-0.25, -0.2) is 9.78 Å². The van der Waals surface area contributed by atoms with Crippen LogP contribution in [0.1, 0.15) is 45.0 Å². The smallest absolute Gasteiger partial charge is 0.328 e. The Hall–Kier alpha value is -6.58. The van der Waals surface area contributed by atoms with Gasteiger partial charge in [-0.2, -0.15) is 5.26 Å². The number of methoxy groups -OCH3 is 1. The van der Waals surface area contributed by atoms with E-state index >= 15 is 0 Å². The van der Waals surface area contributed by atoms with E-state index in [0.717, 1.165) is 44.5 Å². The topological polar surface area (TPSA) is 149 Å². The maximum atomic E-state index is 14.3. The fourth-order valence-corrected chi connectivity index (χ4v) is 7.86. The van der Waals surface area contributed by atoms with E-state index in [-0.39, 0.29) is 18.4 Å². The number of fused-ring (bicyclic) bond motifs is 2. The number of nitrogens with one attached hydrogen (secondary N) is 1. The minimum atomic E-state index is -0.930. The molecule has 1 amide bonds. The second-order valence-electron chi connectivity index (χ2n) is 15.0. The van der Waals surface area contributed by atoms with E-state index in [1.165, 1.54) is 7.11 Å². The molecule has 11 nitrogen and oxygen atoms in total. The van der Waals surface area contributed by atoms with Gasteiger partial charge in [0.05, 0.1) is 34.8 Å². The Bertz CT molecular complexity index is 2580. The number of pyridine rings is 1. The number of carbonyl (C=O) groups is 2. The van der Waals surface area contributed by atoms with Crippen LogP contribution in [0.3, 0.4) is 0 Å². The number of nitrogen functional groups attached to an aromatic ring is 1. The van der Waals surface area contributed by atoms with E-state index in [1.54, 1.807) is 36.5 Å². The van der Waals surface area contributed by atoms with Gasteiger partial charge in [0, 0.05) is 25.7 Å². The van der Waals surface area contributed by atoms with Crippen LogP contribution in [0.5, 0.6) is 17.2 Å². The van der Waals surface area contributed by atoms with Crippen LogP contribution < -0.4 is 25.3 Å². The molecule has 61 heavy (non-hydrogen) atoms. The number of amides is 1. The summed E-state index contributed by atoms with van der Waals surface area (Å²) in [4.78, 5) is 33.8. The van der Waals surface area contributed by atoms with Crippen molar-refractivity contribution >= 4 is 40.9 Å². The minimum Gasteiger partial charge on any atom is -0.489 e. The van der Waals surface area contributed by atoms with Gasteiger partial charge in [0.25, 0.3) is 0 Å². The Balaban J connectivity index is 0.973. The maximum Gasteiger partial charge on any atom is 0.328 e. The lowest BCUT2D eigenvalue weighted by Gasteiger charge is -2.37. The van der Waals surface area contributed by atoms with Gasteiger partial charge in [-0.1, -0.05) is 83.9 Å². The fraction of sp³-hybridized carbons (Fsp3) is 0.208. The first kappa shape index (κ1) is 41.2. The third kappa shape index (κ3) is 9.74. The van der Waals surface area contributed by atoms with Crippen LogP contribution in [-0.4, -0.2) is 47.6 Å². The molecule has 0 bridgehead atoms. The summed E-state index contributed by atoms with van der Waals surface area (Å²) in [6, 6.07) is 36.4. The van der Waals surface area contributed by atoms with Gasteiger partial charge in [-0.05, 0) is 106 Å². The number of nitrogens with two attached hydrogens (primary N) is 1. The number of ether oxygens (including phenoxy) is 4. The van der Waals surface area contributed by atoms with E-state index in [9.17, 15) is 9.59 Å². The standard InChI is InChI=1S/C48H41Cl2N5O6/c1-58-48(57)41(19-29-2-8-33(9-3-29)34-10-4-30(23-51)5-11-34)54-47(56)42-20-36-21-43-44(22-37(36)26-55(42)25-32-7-17-46(52)53-24-32)61-45(28-60-43)35-12-14-38(15-13-35)59-27-31-6-16-39(49)40(50)18-31/h2-18,21-22,24,41-42,45H,19-20,25-28H2,1H3,(H2,52,53)(H,54,56)/t41?,42-,45+/m0/s1. The van der Waals surface area contributed by atoms with Gasteiger partial charge in [0.2, 0.25) is 5.91 Å². The SMILES string of the molecule is COC(=O)C(Cc1ccc(-c2ccc(C#N)cc2)cc1)NC(=O)[C@@H]1Cc2cc3c(cc2CN1Cc1ccc(N)nc1)O[C@@H](c1ccc(OCc2ccc(Cl)c(Cl)c2)cc1)CO3. The molecule has 3 N–H and O–H groups in total. The molecule has 0 saturated heterocycles. The van der Waals surface area contributed by atoms with E-state index in [1.807, 2.05) is 84.9 Å². The van der Waals surface area contributed by atoms with Crippen molar-refractivity contribution in [1.29, 1.82) is 5.26 Å². The van der Waals surface area contributed by atoms with Gasteiger partial charge in [0.15, 0.2) is 17.6 Å². The normalized spacial score (nSPS) is 16.1. The molecular formula is C48H41Cl2N5O6. The van der Waals surface area contributed by atoms with Crippen LogP contribution in [0.15, 0.2) is 121 Å². The average Bonchev–Trinajstić information content (AvgIpc) is 3.29. The lowest BCUT2D eigenvalue weighted by molar-refractivity contribution is -0.145. The van der Waals surface area contributed by atoms with E-state index < -0.39 is 18.1 Å². The van der Waals surface area contributed by atoms with Crippen LogP contribution in [0.25, 0.3) is 11.1 Å². The summed E-state index contributed by atoms with van der Waals surface area (Å²) in [7, 11) is 1.31. The quantitative estimate of drug-likeness (QED) is 0.115. The van der Waals surface area contributed by atoms with Crippen molar-refractivity contribution in [2.24, 2.45) is 0 Å². The Morgan fingerprint density at radius 2 is 1.59 bits per heavy atom. The lowest BCUT2D eigenvalue weighted by atomic mass is 9.91. The van der Waals surface area contributed by atoms with Crippen molar-refractivity contribution in [2.45, 2.75) is 50.7 Å². The highest BCUT2D eigenvalue weighted by Crippen LogP contribution is 2.41. The number of halogens is 2. The number of anilines is 1. The average molecular weight is 855 g/mol. The molecule has 2 aliphatic heterocycles. The first-order valence-electron chi connectivity index (χ1n) is 19.7. The summed E-state index contributed by atoms with van der Waals surface area (Å²) in [5.41, 5.74) is 13.9. The zero-order chi connectivity index (χ0) is 42.5. The van der Waals surface area contributed by atoms with Gasteiger partial charge >= 0.3 is 5.97 Å². The highest BCUT2D eigenvalue weighted by atomic mass is 35.5.